The van der Waals surface area contributed by atoms with Crippen LogP contribution in [0.3, 0.4) is 0 Å². The number of methoxy groups -OCH3 is 2. The topological polar surface area (TPSA) is 122 Å². The van der Waals surface area contributed by atoms with E-state index in [1.807, 2.05) is 13.8 Å². The number of nitrogens with one attached hydrogen (secondary N) is 2. The maximum absolute atomic E-state index is 12.8. The molecule has 10 heteroatoms. The first-order chi connectivity index (χ1) is 13.3. The summed E-state index contributed by atoms with van der Waals surface area (Å²) in [5.41, 5.74) is 1.59. The van der Waals surface area contributed by atoms with Gasteiger partial charge in [0, 0.05) is 11.6 Å². The van der Waals surface area contributed by atoms with Crippen molar-refractivity contribution in [1.82, 2.24) is 19.7 Å². The van der Waals surface area contributed by atoms with Crippen molar-refractivity contribution < 1.29 is 14.6 Å². The van der Waals surface area contributed by atoms with E-state index in [2.05, 4.69) is 15.1 Å². The molecule has 9 nitrogen and oxygen atoms in total. The van der Waals surface area contributed by atoms with Crippen LogP contribution < -0.4 is 19.9 Å². The van der Waals surface area contributed by atoms with Gasteiger partial charge in [-0.3, -0.25) is 24.4 Å². The summed E-state index contributed by atoms with van der Waals surface area (Å²) >= 11 is 0.966. The molecule has 0 amide bonds. The van der Waals surface area contributed by atoms with Crippen molar-refractivity contribution in [2.75, 3.05) is 14.2 Å². The molecule has 3 N–H and O–H groups in total. The van der Waals surface area contributed by atoms with Gasteiger partial charge in [0.1, 0.15) is 0 Å². The van der Waals surface area contributed by atoms with Gasteiger partial charge >= 0.3 is 4.87 Å². The number of phenols is 1. The summed E-state index contributed by atoms with van der Waals surface area (Å²) in [5.74, 6) is 0.233. The standard InChI is InChI=1S/C18H18N4O5S/c1-7(2)22-16-12(17(24)21-22)11(14-15(19-16)20-18(25)28-14)8-5-9(26-3)13(23)10(6-8)27-4/h5-7,23H,1-4H3,(H,21,24)(H,19,20,25). The van der Waals surface area contributed by atoms with Crippen LogP contribution in [-0.4, -0.2) is 39.1 Å². The van der Waals surface area contributed by atoms with Gasteiger partial charge in [-0.15, -0.1) is 0 Å². The minimum Gasteiger partial charge on any atom is -0.502 e. The first-order valence-electron chi connectivity index (χ1n) is 8.48. The molecule has 146 valence electrons. The Morgan fingerprint density at radius 3 is 2.39 bits per heavy atom. The van der Waals surface area contributed by atoms with E-state index < -0.39 is 0 Å². The number of ether oxygens (including phenoxy) is 2. The summed E-state index contributed by atoms with van der Waals surface area (Å²) in [6.45, 7) is 3.84. The van der Waals surface area contributed by atoms with E-state index in [1.54, 1.807) is 16.8 Å². The zero-order valence-corrected chi connectivity index (χ0v) is 16.4. The monoisotopic (exact) mass is 402 g/mol. The molecule has 0 atom stereocenters. The minimum atomic E-state index is -0.319. The van der Waals surface area contributed by atoms with E-state index in [0.717, 1.165) is 11.3 Å². The number of aromatic amines is 2. The van der Waals surface area contributed by atoms with Crippen molar-refractivity contribution >= 4 is 32.7 Å². The summed E-state index contributed by atoms with van der Waals surface area (Å²) in [6, 6.07) is 3.16. The first-order valence-corrected chi connectivity index (χ1v) is 9.29. The van der Waals surface area contributed by atoms with Crippen molar-refractivity contribution in [2.24, 2.45) is 0 Å². The summed E-state index contributed by atoms with van der Waals surface area (Å²) in [5, 5.41) is 13.4. The lowest BCUT2D eigenvalue weighted by atomic mass is 10.0. The smallest absolute Gasteiger partial charge is 0.306 e. The van der Waals surface area contributed by atoms with Gasteiger partial charge in [-0.05, 0) is 31.5 Å². The Bertz CT molecular complexity index is 1300. The molecule has 0 fully saturated rings. The fraction of sp³-hybridized carbons (Fsp3) is 0.278. The molecule has 4 rings (SSSR count). The number of benzene rings is 1. The SMILES string of the molecule is COc1cc(-c2c3sc(=O)[nH]c3nc3c2c(=O)[nH]n3C(C)C)cc(OC)c1O. The number of nitrogens with zero attached hydrogens (tertiary/aromatic N) is 2. The summed E-state index contributed by atoms with van der Waals surface area (Å²) in [4.78, 5) is 31.8. The largest absolute Gasteiger partial charge is 0.502 e. The number of aromatic hydroxyl groups is 1. The molecule has 0 aliphatic heterocycles. The van der Waals surface area contributed by atoms with Gasteiger partial charge < -0.3 is 14.6 Å². The second-order valence-electron chi connectivity index (χ2n) is 6.51. The average Bonchev–Trinajstić information content (AvgIpc) is 3.19. The zero-order chi connectivity index (χ0) is 20.2. The van der Waals surface area contributed by atoms with Gasteiger partial charge in [-0.2, -0.15) is 0 Å². The molecule has 0 aliphatic rings. The number of hydrogen-bond acceptors (Lipinski definition) is 7. The van der Waals surface area contributed by atoms with Crippen molar-refractivity contribution in [2.45, 2.75) is 19.9 Å². The molecule has 0 unspecified atom stereocenters. The van der Waals surface area contributed by atoms with E-state index in [-0.39, 0.29) is 33.7 Å². The maximum atomic E-state index is 12.8. The van der Waals surface area contributed by atoms with E-state index in [0.29, 0.717) is 32.5 Å². The number of hydrogen-bond donors (Lipinski definition) is 3. The van der Waals surface area contributed by atoms with Crippen LogP contribution in [0.1, 0.15) is 19.9 Å². The quantitative estimate of drug-likeness (QED) is 0.482. The number of pyridine rings is 1. The lowest BCUT2D eigenvalue weighted by molar-refractivity contribution is 0.340. The number of fused-ring (bicyclic) bond motifs is 2. The lowest BCUT2D eigenvalue weighted by Crippen LogP contribution is -2.08. The molecule has 28 heavy (non-hydrogen) atoms. The highest BCUT2D eigenvalue weighted by molar-refractivity contribution is 7.17. The van der Waals surface area contributed by atoms with Crippen molar-refractivity contribution in [1.29, 1.82) is 0 Å². The highest BCUT2D eigenvalue weighted by Crippen LogP contribution is 2.43. The predicted molar refractivity (Wildman–Crippen MR) is 107 cm³/mol. The van der Waals surface area contributed by atoms with Crippen LogP contribution >= 0.6 is 11.3 Å². The molecule has 0 spiro atoms. The second kappa shape index (κ2) is 6.41. The van der Waals surface area contributed by atoms with Crippen LogP contribution in [0.4, 0.5) is 0 Å². The molecular weight excluding hydrogens is 384 g/mol. The van der Waals surface area contributed by atoms with E-state index >= 15 is 0 Å². The summed E-state index contributed by atoms with van der Waals surface area (Å²) in [7, 11) is 2.85. The molecule has 0 bridgehead atoms. The van der Waals surface area contributed by atoms with Gasteiger partial charge in [-0.25, -0.2) is 4.98 Å². The second-order valence-corrected chi connectivity index (χ2v) is 7.49. The highest BCUT2D eigenvalue weighted by Gasteiger charge is 2.23. The summed E-state index contributed by atoms with van der Waals surface area (Å²) in [6.07, 6.45) is 0. The van der Waals surface area contributed by atoms with Crippen LogP contribution in [0, 0.1) is 0 Å². The van der Waals surface area contributed by atoms with Crippen molar-refractivity contribution in [3.8, 4) is 28.4 Å². The van der Waals surface area contributed by atoms with Crippen LogP contribution in [-0.2, 0) is 0 Å². The third-order valence-corrected chi connectivity index (χ3v) is 5.40. The van der Waals surface area contributed by atoms with E-state index in [9.17, 15) is 14.7 Å². The van der Waals surface area contributed by atoms with Crippen LogP contribution in [0.25, 0.3) is 32.5 Å². The Hall–Kier alpha value is -3.27. The third kappa shape index (κ3) is 2.56. The van der Waals surface area contributed by atoms with E-state index in [4.69, 9.17) is 9.47 Å². The molecular formula is C18H18N4O5S. The Balaban J connectivity index is 2.22. The molecule has 0 aliphatic carbocycles. The normalized spacial score (nSPS) is 11.6. The van der Waals surface area contributed by atoms with Gasteiger partial charge in [0.25, 0.3) is 5.56 Å². The first kappa shape index (κ1) is 18.1. The Morgan fingerprint density at radius 2 is 1.82 bits per heavy atom. The van der Waals surface area contributed by atoms with Crippen LogP contribution in [0.2, 0.25) is 0 Å². The van der Waals surface area contributed by atoms with Crippen LogP contribution in [0.15, 0.2) is 21.7 Å². The van der Waals surface area contributed by atoms with Crippen LogP contribution in [0.5, 0.6) is 17.2 Å². The average molecular weight is 402 g/mol. The summed E-state index contributed by atoms with van der Waals surface area (Å²) < 4.78 is 12.7. The molecule has 4 aromatic rings. The molecule has 3 heterocycles. The fourth-order valence-corrected chi connectivity index (χ4v) is 4.10. The maximum Gasteiger partial charge on any atom is 0.306 e. The number of rotatable bonds is 4. The lowest BCUT2D eigenvalue weighted by Gasteiger charge is -2.13. The van der Waals surface area contributed by atoms with Gasteiger partial charge in [-0.1, -0.05) is 11.3 Å². The molecule has 0 saturated carbocycles. The third-order valence-electron chi connectivity index (χ3n) is 4.51. The Morgan fingerprint density at radius 1 is 1.18 bits per heavy atom. The Kier molecular flexibility index (Phi) is 4.15. The minimum absolute atomic E-state index is 0.0442. The molecule has 0 saturated heterocycles. The number of phenolic OH excluding ortho intramolecular Hbond substituents is 1. The molecule has 0 radical (unpaired) electrons. The van der Waals surface area contributed by atoms with Gasteiger partial charge in [0.05, 0.1) is 24.3 Å². The Labute approximate surface area is 162 Å². The highest BCUT2D eigenvalue weighted by atomic mass is 32.1. The number of thiazole rings is 1. The van der Waals surface area contributed by atoms with Crippen molar-refractivity contribution in [3.05, 3.63) is 32.2 Å². The number of H-pyrrole nitrogens is 2. The van der Waals surface area contributed by atoms with Gasteiger partial charge in [0.2, 0.25) is 5.75 Å². The predicted octanol–water partition coefficient (Wildman–Crippen LogP) is 2.60. The fourth-order valence-electron chi connectivity index (χ4n) is 3.25. The van der Waals surface area contributed by atoms with Gasteiger partial charge in [0.15, 0.2) is 22.8 Å². The zero-order valence-electron chi connectivity index (χ0n) is 15.6. The number of aromatic nitrogens is 4. The van der Waals surface area contributed by atoms with E-state index in [1.165, 1.54) is 14.2 Å². The molecule has 1 aromatic carbocycles. The molecule has 3 aromatic heterocycles. The van der Waals surface area contributed by atoms with Crippen molar-refractivity contribution in [3.63, 3.8) is 0 Å².